The third kappa shape index (κ3) is 4.17. The molecule has 2 atom stereocenters. The molecule has 2 heterocycles. The average molecular weight is 382 g/mol. The van der Waals surface area contributed by atoms with Crippen molar-refractivity contribution in [3.63, 3.8) is 0 Å². The third-order valence-corrected chi connectivity index (χ3v) is 4.50. The molecule has 1 aromatic carbocycles. The standard InChI is InChI=1S/C20H23FN6O/c1-3-16(11(2)22)26-20-15(21)10-14(18(23)28)19(27-20)25-13-6-7-17-12(9-13)5-4-8-24-17/h4-11,16H,3,22H2,1-2H3,(H2,23,28)(H2,25,26,27)/t11-,16-/m0/s1. The van der Waals surface area contributed by atoms with Crippen molar-refractivity contribution in [2.24, 2.45) is 11.5 Å². The molecule has 3 aromatic rings. The van der Waals surface area contributed by atoms with Gasteiger partial charge in [0, 0.05) is 29.4 Å². The Kier molecular flexibility index (Phi) is 5.70. The van der Waals surface area contributed by atoms with Crippen LogP contribution in [0.1, 0.15) is 30.6 Å². The molecule has 2 aromatic heterocycles. The Hall–Kier alpha value is -3.26. The lowest BCUT2D eigenvalue weighted by molar-refractivity contribution is 0.100. The Bertz CT molecular complexity index is 1010. The van der Waals surface area contributed by atoms with Crippen LogP contribution in [0.25, 0.3) is 10.9 Å². The third-order valence-electron chi connectivity index (χ3n) is 4.50. The lowest BCUT2D eigenvalue weighted by Crippen LogP contribution is -2.38. The lowest BCUT2D eigenvalue weighted by Gasteiger charge is -2.22. The van der Waals surface area contributed by atoms with E-state index in [9.17, 15) is 9.18 Å². The minimum absolute atomic E-state index is 0.0131. The van der Waals surface area contributed by atoms with Gasteiger partial charge in [-0.1, -0.05) is 13.0 Å². The molecule has 7 nitrogen and oxygen atoms in total. The molecule has 28 heavy (non-hydrogen) atoms. The van der Waals surface area contributed by atoms with Crippen LogP contribution >= 0.6 is 0 Å². The van der Waals surface area contributed by atoms with Gasteiger partial charge in [0.15, 0.2) is 11.6 Å². The van der Waals surface area contributed by atoms with Crippen LogP contribution in [0.4, 0.5) is 21.7 Å². The summed E-state index contributed by atoms with van der Waals surface area (Å²) in [6.45, 7) is 3.78. The summed E-state index contributed by atoms with van der Waals surface area (Å²) in [5.74, 6) is -1.26. The van der Waals surface area contributed by atoms with E-state index in [4.69, 9.17) is 11.5 Å². The molecule has 0 unspecified atom stereocenters. The van der Waals surface area contributed by atoms with Gasteiger partial charge in [0.05, 0.1) is 11.1 Å². The predicted molar refractivity (Wildman–Crippen MR) is 109 cm³/mol. The minimum Gasteiger partial charge on any atom is -0.365 e. The van der Waals surface area contributed by atoms with Gasteiger partial charge < -0.3 is 22.1 Å². The first kappa shape index (κ1) is 19.5. The molecule has 0 spiro atoms. The molecule has 0 aliphatic carbocycles. The van der Waals surface area contributed by atoms with Crippen LogP contribution in [0.2, 0.25) is 0 Å². The molecule has 8 heteroatoms. The quantitative estimate of drug-likeness (QED) is 0.498. The summed E-state index contributed by atoms with van der Waals surface area (Å²) >= 11 is 0. The highest BCUT2D eigenvalue weighted by Crippen LogP contribution is 2.26. The molecule has 0 fully saturated rings. The highest BCUT2D eigenvalue weighted by atomic mass is 19.1. The highest BCUT2D eigenvalue weighted by molar-refractivity contribution is 5.99. The number of amides is 1. The first-order valence-electron chi connectivity index (χ1n) is 9.03. The number of carbonyl (C=O) groups excluding carboxylic acids is 1. The molecule has 0 radical (unpaired) electrons. The van der Waals surface area contributed by atoms with Crippen molar-refractivity contribution in [1.82, 2.24) is 9.97 Å². The topological polar surface area (TPSA) is 119 Å². The zero-order valence-corrected chi connectivity index (χ0v) is 15.7. The predicted octanol–water partition coefficient (Wildman–Crippen LogP) is 3.15. The van der Waals surface area contributed by atoms with E-state index in [1.807, 2.05) is 38.1 Å². The van der Waals surface area contributed by atoms with Crippen molar-refractivity contribution in [3.05, 3.63) is 54.0 Å². The van der Waals surface area contributed by atoms with Crippen LogP contribution < -0.4 is 22.1 Å². The second kappa shape index (κ2) is 8.18. The SMILES string of the molecule is CC[C@H](Nc1nc(Nc2ccc3ncccc3c2)c(C(N)=O)cc1F)[C@H](C)N. The molecule has 146 valence electrons. The van der Waals surface area contributed by atoms with Crippen LogP contribution in [0.5, 0.6) is 0 Å². The molecule has 0 aliphatic rings. The van der Waals surface area contributed by atoms with Gasteiger partial charge >= 0.3 is 0 Å². The van der Waals surface area contributed by atoms with Crippen LogP contribution in [0.3, 0.4) is 0 Å². The maximum Gasteiger partial charge on any atom is 0.252 e. The van der Waals surface area contributed by atoms with Crippen LogP contribution in [-0.2, 0) is 0 Å². The van der Waals surface area contributed by atoms with E-state index in [2.05, 4.69) is 20.6 Å². The lowest BCUT2D eigenvalue weighted by atomic mass is 10.1. The number of halogens is 1. The van der Waals surface area contributed by atoms with E-state index < -0.39 is 11.7 Å². The van der Waals surface area contributed by atoms with Gasteiger partial charge in [-0.3, -0.25) is 9.78 Å². The monoisotopic (exact) mass is 382 g/mol. The maximum atomic E-state index is 14.5. The fourth-order valence-electron chi connectivity index (χ4n) is 2.94. The number of nitrogens with one attached hydrogen (secondary N) is 2. The Labute approximate surface area is 162 Å². The van der Waals surface area contributed by atoms with Gasteiger partial charge in [-0.15, -0.1) is 0 Å². The molecule has 0 aliphatic heterocycles. The Morgan fingerprint density at radius 3 is 2.71 bits per heavy atom. The molecule has 0 saturated heterocycles. The van der Waals surface area contributed by atoms with Crippen molar-refractivity contribution < 1.29 is 9.18 Å². The summed E-state index contributed by atoms with van der Waals surface area (Å²) in [5, 5.41) is 6.98. The van der Waals surface area contributed by atoms with Gasteiger partial charge in [-0.2, -0.15) is 0 Å². The Balaban J connectivity index is 1.99. The number of anilines is 3. The number of primary amides is 1. The number of pyridine rings is 2. The van der Waals surface area contributed by atoms with Gasteiger partial charge in [0.2, 0.25) is 0 Å². The van der Waals surface area contributed by atoms with E-state index in [-0.39, 0.29) is 29.3 Å². The largest absolute Gasteiger partial charge is 0.365 e. The molecule has 0 saturated carbocycles. The summed E-state index contributed by atoms with van der Waals surface area (Å²) in [6.07, 6.45) is 2.40. The number of hydrogen-bond acceptors (Lipinski definition) is 6. The number of nitrogens with two attached hydrogens (primary N) is 2. The molecule has 1 amide bonds. The zero-order valence-electron chi connectivity index (χ0n) is 15.7. The van der Waals surface area contributed by atoms with E-state index in [1.54, 1.807) is 12.3 Å². The van der Waals surface area contributed by atoms with Crippen molar-refractivity contribution in [3.8, 4) is 0 Å². The first-order chi connectivity index (χ1) is 13.4. The smallest absolute Gasteiger partial charge is 0.252 e. The van der Waals surface area contributed by atoms with Crippen LogP contribution in [0.15, 0.2) is 42.6 Å². The number of nitrogens with zero attached hydrogens (tertiary/aromatic N) is 2. The zero-order chi connectivity index (χ0) is 20.3. The van der Waals surface area contributed by atoms with E-state index in [0.717, 1.165) is 17.0 Å². The van der Waals surface area contributed by atoms with Crippen LogP contribution in [-0.4, -0.2) is 28.0 Å². The van der Waals surface area contributed by atoms with Gasteiger partial charge in [0.25, 0.3) is 5.91 Å². The summed E-state index contributed by atoms with van der Waals surface area (Å²) in [4.78, 5) is 20.3. The van der Waals surface area contributed by atoms with E-state index in [1.165, 1.54) is 0 Å². The second-order valence-electron chi connectivity index (χ2n) is 6.63. The number of aromatic nitrogens is 2. The summed E-state index contributed by atoms with van der Waals surface area (Å²) in [6, 6.07) is 9.97. The van der Waals surface area contributed by atoms with Crippen molar-refractivity contribution in [2.45, 2.75) is 32.4 Å². The normalized spacial score (nSPS) is 13.1. The summed E-state index contributed by atoms with van der Waals surface area (Å²) in [5.41, 5.74) is 12.8. The highest BCUT2D eigenvalue weighted by Gasteiger charge is 2.19. The van der Waals surface area contributed by atoms with E-state index >= 15 is 0 Å². The number of hydrogen-bond donors (Lipinski definition) is 4. The van der Waals surface area contributed by atoms with Crippen molar-refractivity contribution >= 4 is 34.1 Å². The molecule has 6 N–H and O–H groups in total. The fraction of sp³-hybridized carbons (Fsp3) is 0.250. The fourth-order valence-corrected chi connectivity index (χ4v) is 2.94. The average Bonchev–Trinajstić information content (AvgIpc) is 2.67. The number of fused-ring (bicyclic) bond motifs is 1. The van der Waals surface area contributed by atoms with Crippen LogP contribution in [0, 0.1) is 5.82 Å². The van der Waals surface area contributed by atoms with Gasteiger partial charge in [-0.25, -0.2) is 9.37 Å². The summed E-state index contributed by atoms with van der Waals surface area (Å²) < 4.78 is 14.5. The molecule has 3 rings (SSSR count). The van der Waals surface area contributed by atoms with E-state index in [0.29, 0.717) is 12.1 Å². The van der Waals surface area contributed by atoms with Gasteiger partial charge in [-0.05, 0) is 43.7 Å². The van der Waals surface area contributed by atoms with Gasteiger partial charge in [0.1, 0.15) is 5.82 Å². The van der Waals surface area contributed by atoms with Crippen molar-refractivity contribution in [2.75, 3.05) is 10.6 Å². The number of benzene rings is 1. The van der Waals surface area contributed by atoms with Crippen molar-refractivity contribution in [1.29, 1.82) is 0 Å². The molecular formula is C20H23FN6O. The second-order valence-corrected chi connectivity index (χ2v) is 6.63. The summed E-state index contributed by atoms with van der Waals surface area (Å²) in [7, 11) is 0. The Morgan fingerprint density at radius 1 is 1.25 bits per heavy atom. The molecular weight excluding hydrogens is 359 g/mol. The maximum absolute atomic E-state index is 14.5. The Morgan fingerprint density at radius 2 is 2.04 bits per heavy atom. The number of carbonyl (C=O) groups is 1. The minimum atomic E-state index is -0.776. The molecule has 0 bridgehead atoms. The number of rotatable bonds is 7. The first-order valence-corrected chi connectivity index (χ1v) is 9.03.